The number of likely N-dealkylation sites (tertiary alicyclic amines) is 1. The standard InChI is InChI=1S/C37H46FN3O10S/c1-7-24-16-37(24,34(46)39-52(48,49)26-11-12-26)17-31(43)29-15-25(50-35(47)40-18-22-9-8-10-28(38)27(22)20-40)19-41(29)33(45)23(13-30(42)21(2)3)14-32(44)51-36(4,5)6/h7-10,23-26,29H,1-2,11-20H2,3-6H3,(H,39,46)/t23-,24-,25-,29+,37-/m1/s1. The lowest BCUT2D eigenvalue weighted by molar-refractivity contribution is -0.159. The Morgan fingerprint density at radius 3 is 2.38 bits per heavy atom. The van der Waals surface area contributed by atoms with E-state index < -0.39 is 111 Å². The summed E-state index contributed by atoms with van der Waals surface area (Å²) in [5, 5.41) is -0.674. The van der Waals surface area contributed by atoms with Crippen molar-refractivity contribution in [2.24, 2.45) is 17.3 Å². The van der Waals surface area contributed by atoms with Gasteiger partial charge in [0.05, 0.1) is 42.1 Å². The fourth-order valence-electron chi connectivity index (χ4n) is 6.93. The summed E-state index contributed by atoms with van der Waals surface area (Å²) < 4.78 is 53.0. The number of ether oxygens (including phenoxy) is 2. The smallest absolute Gasteiger partial charge is 0.410 e. The van der Waals surface area contributed by atoms with Crippen molar-refractivity contribution >= 4 is 45.5 Å². The minimum Gasteiger partial charge on any atom is -0.460 e. The van der Waals surface area contributed by atoms with E-state index in [1.54, 1.807) is 26.8 Å². The maximum absolute atomic E-state index is 14.4. The highest BCUT2D eigenvalue weighted by atomic mass is 32.2. The molecule has 5 rings (SSSR count). The lowest BCUT2D eigenvalue weighted by Crippen LogP contribution is -2.47. The van der Waals surface area contributed by atoms with Crippen molar-refractivity contribution in [3.05, 3.63) is 60.0 Å². The molecular formula is C37H46FN3O10S. The maximum atomic E-state index is 14.4. The van der Waals surface area contributed by atoms with E-state index in [0.29, 0.717) is 24.0 Å². The van der Waals surface area contributed by atoms with Gasteiger partial charge in [0.15, 0.2) is 11.6 Å². The number of fused-ring (bicyclic) bond motifs is 1. The normalized spacial score (nSPS) is 24.4. The lowest BCUT2D eigenvalue weighted by atomic mass is 9.90. The molecule has 2 aliphatic carbocycles. The van der Waals surface area contributed by atoms with E-state index >= 15 is 0 Å². The van der Waals surface area contributed by atoms with Crippen LogP contribution in [0.2, 0.25) is 0 Å². The summed E-state index contributed by atoms with van der Waals surface area (Å²) in [6.07, 6.45) is -0.821. The largest absolute Gasteiger partial charge is 0.460 e. The molecule has 3 amide bonds. The predicted molar refractivity (Wildman–Crippen MR) is 185 cm³/mol. The number of nitrogens with one attached hydrogen (secondary N) is 1. The molecule has 5 atom stereocenters. The molecule has 4 aliphatic rings. The number of esters is 1. The van der Waals surface area contributed by atoms with Crippen molar-refractivity contribution in [1.29, 1.82) is 0 Å². The van der Waals surface area contributed by atoms with E-state index in [-0.39, 0.29) is 38.0 Å². The number of amides is 3. The number of halogens is 1. The molecule has 52 heavy (non-hydrogen) atoms. The van der Waals surface area contributed by atoms with Crippen LogP contribution < -0.4 is 4.72 Å². The minimum atomic E-state index is -3.93. The molecule has 0 aromatic heterocycles. The van der Waals surface area contributed by atoms with E-state index in [0.717, 1.165) is 4.90 Å². The zero-order chi connectivity index (χ0) is 38.3. The molecule has 0 unspecified atom stereocenters. The molecule has 2 saturated carbocycles. The number of carbonyl (C=O) groups is 6. The monoisotopic (exact) mass is 743 g/mol. The van der Waals surface area contributed by atoms with Crippen LogP contribution in [-0.2, 0) is 56.6 Å². The Hall–Kier alpha value is -4.40. The second-order valence-corrected chi connectivity index (χ2v) is 17.4. The molecule has 1 aromatic rings. The highest BCUT2D eigenvalue weighted by molar-refractivity contribution is 7.90. The zero-order valence-electron chi connectivity index (χ0n) is 29.9. The van der Waals surface area contributed by atoms with Gasteiger partial charge in [0.1, 0.15) is 17.5 Å². The lowest BCUT2D eigenvalue weighted by Gasteiger charge is -2.29. The van der Waals surface area contributed by atoms with Crippen molar-refractivity contribution in [2.45, 2.75) is 109 Å². The third-order valence-electron chi connectivity index (χ3n) is 10.0. The van der Waals surface area contributed by atoms with Gasteiger partial charge in [-0.3, -0.25) is 33.6 Å². The fourth-order valence-corrected chi connectivity index (χ4v) is 8.32. The summed E-state index contributed by atoms with van der Waals surface area (Å²) in [5.41, 5.74) is -1.17. The van der Waals surface area contributed by atoms with Crippen LogP contribution >= 0.6 is 0 Å². The van der Waals surface area contributed by atoms with Crippen LogP contribution in [0.1, 0.15) is 83.8 Å². The number of benzene rings is 1. The third-order valence-corrected chi connectivity index (χ3v) is 11.8. The van der Waals surface area contributed by atoms with Crippen LogP contribution in [0.5, 0.6) is 0 Å². The molecular weight excluding hydrogens is 697 g/mol. The highest BCUT2D eigenvalue weighted by Crippen LogP contribution is 2.57. The number of nitrogens with zero attached hydrogens (tertiary/aromatic N) is 2. The Labute approximate surface area is 303 Å². The second kappa shape index (κ2) is 14.6. The van der Waals surface area contributed by atoms with Gasteiger partial charge >= 0.3 is 12.1 Å². The molecule has 3 fully saturated rings. The van der Waals surface area contributed by atoms with Gasteiger partial charge in [-0.25, -0.2) is 17.6 Å². The van der Waals surface area contributed by atoms with E-state index in [1.807, 2.05) is 0 Å². The Morgan fingerprint density at radius 1 is 1.12 bits per heavy atom. The average molecular weight is 744 g/mol. The second-order valence-electron chi connectivity index (χ2n) is 15.4. The molecule has 0 radical (unpaired) electrons. The fraction of sp³-hybridized carbons (Fsp3) is 0.568. The molecule has 1 saturated heterocycles. The van der Waals surface area contributed by atoms with Crippen molar-refractivity contribution in [2.75, 3.05) is 6.54 Å². The van der Waals surface area contributed by atoms with Crippen molar-refractivity contribution in [1.82, 2.24) is 14.5 Å². The molecule has 15 heteroatoms. The summed E-state index contributed by atoms with van der Waals surface area (Å²) >= 11 is 0. The Bertz CT molecular complexity index is 1820. The van der Waals surface area contributed by atoms with Crippen molar-refractivity contribution in [3.63, 3.8) is 0 Å². The van der Waals surface area contributed by atoms with Gasteiger partial charge < -0.3 is 14.4 Å². The van der Waals surface area contributed by atoms with Crippen molar-refractivity contribution in [3.8, 4) is 0 Å². The number of allylic oxidation sites excluding steroid dienone is 2. The van der Waals surface area contributed by atoms with Gasteiger partial charge in [-0.1, -0.05) is 24.8 Å². The Kier molecular flexibility index (Phi) is 10.9. The van der Waals surface area contributed by atoms with Gasteiger partial charge in [0, 0.05) is 31.4 Å². The predicted octanol–water partition coefficient (Wildman–Crippen LogP) is 3.89. The molecule has 0 bridgehead atoms. The van der Waals surface area contributed by atoms with Gasteiger partial charge in [-0.2, -0.15) is 0 Å². The van der Waals surface area contributed by atoms with Crippen molar-refractivity contribution < 1.29 is 51.0 Å². The first-order valence-corrected chi connectivity index (χ1v) is 18.9. The van der Waals surface area contributed by atoms with E-state index in [9.17, 15) is 41.6 Å². The van der Waals surface area contributed by atoms with Gasteiger partial charge in [0.25, 0.3) is 0 Å². The first-order chi connectivity index (χ1) is 24.2. The number of carbonyl (C=O) groups excluding carboxylic acids is 6. The molecule has 282 valence electrons. The topological polar surface area (TPSA) is 174 Å². The van der Waals surface area contributed by atoms with Crippen LogP contribution in [0.4, 0.5) is 9.18 Å². The summed E-state index contributed by atoms with van der Waals surface area (Å²) in [6.45, 7) is 13.6. The quantitative estimate of drug-likeness (QED) is 0.167. The number of Topliss-reactive ketones (excluding diaryl/α,β-unsaturated/α-hetero) is 2. The molecule has 2 aliphatic heterocycles. The number of hydrogen-bond donors (Lipinski definition) is 1. The number of hydrogen-bond acceptors (Lipinski definition) is 10. The highest BCUT2D eigenvalue weighted by Gasteiger charge is 2.61. The van der Waals surface area contributed by atoms with Crippen LogP contribution in [0, 0.1) is 23.1 Å². The summed E-state index contributed by atoms with van der Waals surface area (Å²) in [6, 6.07) is 3.28. The minimum absolute atomic E-state index is 0.0378. The Morgan fingerprint density at radius 2 is 1.81 bits per heavy atom. The Balaban J connectivity index is 1.39. The van der Waals surface area contributed by atoms with Crippen LogP contribution in [-0.4, -0.2) is 83.2 Å². The zero-order valence-corrected chi connectivity index (χ0v) is 30.8. The molecule has 1 aromatic carbocycles. The van der Waals surface area contributed by atoms with E-state index in [1.165, 1.54) is 30.0 Å². The molecule has 1 N–H and O–H groups in total. The SMILES string of the molecule is C=C[C@@H]1C[C@]1(CC(=O)[C@@H]1C[C@@H](OC(=O)N2Cc3cccc(F)c3C2)CN1C(=O)[C@@H](CC(=O)OC(C)(C)C)CC(=O)C(=C)C)C(=O)NS(=O)(=O)C1CC1. The average Bonchev–Trinajstić information content (AvgIpc) is 3.94. The van der Waals surface area contributed by atoms with E-state index in [4.69, 9.17) is 9.47 Å². The number of ketones is 2. The molecule has 2 heterocycles. The molecule has 13 nitrogen and oxygen atoms in total. The first-order valence-electron chi connectivity index (χ1n) is 17.4. The van der Waals surface area contributed by atoms with Gasteiger partial charge in [0.2, 0.25) is 21.8 Å². The van der Waals surface area contributed by atoms with Gasteiger partial charge in [-0.05, 0) is 70.1 Å². The van der Waals surface area contributed by atoms with Gasteiger partial charge in [-0.15, -0.1) is 6.58 Å². The third kappa shape index (κ3) is 8.62. The van der Waals surface area contributed by atoms with Crippen LogP contribution in [0.15, 0.2) is 43.0 Å². The first kappa shape index (κ1) is 38.8. The van der Waals surface area contributed by atoms with Crippen LogP contribution in [0.25, 0.3) is 0 Å². The molecule has 0 spiro atoms. The van der Waals surface area contributed by atoms with E-state index in [2.05, 4.69) is 17.9 Å². The number of rotatable bonds is 14. The maximum Gasteiger partial charge on any atom is 0.410 e. The van der Waals surface area contributed by atoms with Crippen LogP contribution in [0.3, 0.4) is 0 Å². The summed E-state index contributed by atoms with van der Waals surface area (Å²) in [7, 11) is -3.93. The summed E-state index contributed by atoms with van der Waals surface area (Å²) in [4.78, 5) is 83.5. The summed E-state index contributed by atoms with van der Waals surface area (Å²) in [5.74, 6) is -5.60. The number of sulfonamides is 1.